The second-order valence-electron chi connectivity index (χ2n) is 6.59. The van der Waals surface area contributed by atoms with Crippen LogP contribution in [0.3, 0.4) is 0 Å². The van der Waals surface area contributed by atoms with Gasteiger partial charge in [-0.05, 0) is 25.1 Å². The standard InChI is InChI=1S/C18H27N3O3.2ClH/c22-16(14-24-17-4-2-1-3-5-17)13-20-8-10-21(11-9-20)18(23)15-6-7-19-12-15;;/h1-5,15-16,19,22H,6-14H2;2*1H. The molecule has 2 heterocycles. The van der Waals surface area contributed by atoms with Crippen LogP contribution in [0.5, 0.6) is 5.75 Å². The van der Waals surface area contributed by atoms with E-state index >= 15 is 0 Å². The van der Waals surface area contributed by atoms with E-state index in [1.54, 1.807) is 0 Å². The zero-order valence-electron chi connectivity index (χ0n) is 14.9. The van der Waals surface area contributed by atoms with Crippen LogP contribution in [-0.2, 0) is 4.79 Å². The third kappa shape index (κ3) is 6.59. The van der Waals surface area contributed by atoms with Crippen LogP contribution >= 0.6 is 24.8 Å². The molecule has 1 aromatic carbocycles. The Morgan fingerprint density at radius 3 is 2.50 bits per heavy atom. The Hall–Kier alpha value is -1.05. The van der Waals surface area contributed by atoms with Crippen LogP contribution < -0.4 is 10.1 Å². The van der Waals surface area contributed by atoms with Gasteiger partial charge in [0.05, 0.1) is 5.92 Å². The maximum atomic E-state index is 12.4. The van der Waals surface area contributed by atoms with Crippen molar-refractivity contribution in [2.24, 2.45) is 5.92 Å². The van der Waals surface area contributed by atoms with Crippen LogP contribution in [0.25, 0.3) is 0 Å². The second kappa shape index (κ2) is 11.6. The molecule has 26 heavy (non-hydrogen) atoms. The van der Waals surface area contributed by atoms with Gasteiger partial charge in [-0.15, -0.1) is 24.8 Å². The van der Waals surface area contributed by atoms with E-state index in [0.29, 0.717) is 6.54 Å². The van der Waals surface area contributed by atoms with Crippen LogP contribution in [0.15, 0.2) is 30.3 Å². The van der Waals surface area contributed by atoms with E-state index in [1.165, 1.54) is 0 Å². The lowest BCUT2D eigenvalue weighted by atomic mass is 10.1. The first-order valence-corrected chi connectivity index (χ1v) is 8.80. The van der Waals surface area contributed by atoms with E-state index in [1.807, 2.05) is 35.2 Å². The molecule has 0 spiro atoms. The summed E-state index contributed by atoms with van der Waals surface area (Å²) in [5, 5.41) is 13.4. The Morgan fingerprint density at radius 1 is 1.19 bits per heavy atom. The predicted octanol–water partition coefficient (Wildman–Crippen LogP) is 1.02. The number of piperazine rings is 1. The Kier molecular flexibility index (Phi) is 10.3. The van der Waals surface area contributed by atoms with E-state index in [9.17, 15) is 9.90 Å². The molecule has 2 aliphatic rings. The topological polar surface area (TPSA) is 65.0 Å². The second-order valence-corrected chi connectivity index (χ2v) is 6.59. The molecule has 2 N–H and O–H groups in total. The Morgan fingerprint density at radius 2 is 1.88 bits per heavy atom. The Balaban J connectivity index is 0.00000169. The van der Waals surface area contributed by atoms with Crippen LogP contribution in [0.4, 0.5) is 0 Å². The lowest BCUT2D eigenvalue weighted by Gasteiger charge is -2.36. The smallest absolute Gasteiger partial charge is 0.227 e. The molecular formula is C18H29Cl2N3O3. The molecule has 2 fully saturated rings. The third-order valence-corrected chi connectivity index (χ3v) is 4.75. The highest BCUT2D eigenvalue weighted by Gasteiger charge is 2.29. The van der Waals surface area contributed by atoms with E-state index in [4.69, 9.17) is 4.74 Å². The van der Waals surface area contributed by atoms with Gasteiger partial charge in [0.25, 0.3) is 0 Å². The minimum atomic E-state index is -0.522. The number of benzene rings is 1. The van der Waals surface area contributed by atoms with Gasteiger partial charge in [-0.3, -0.25) is 9.69 Å². The molecule has 1 aromatic rings. The van der Waals surface area contributed by atoms with Gasteiger partial charge in [0.2, 0.25) is 5.91 Å². The maximum Gasteiger partial charge on any atom is 0.227 e. The van der Waals surface area contributed by atoms with Crippen molar-refractivity contribution in [3.05, 3.63) is 30.3 Å². The number of aliphatic hydroxyl groups excluding tert-OH is 1. The Labute approximate surface area is 167 Å². The summed E-state index contributed by atoms with van der Waals surface area (Å²) in [6, 6.07) is 9.53. The van der Waals surface area contributed by atoms with E-state index in [0.717, 1.165) is 51.4 Å². The number of amides is 1. The Bertz CT molecular complexity index is 522. The minimum Gasteiger partial charge on any atom is -0.491 e. The number of rotatable bonds is 6. The average Bonchev–Trinajstić information content (AvgIpc) is 3.16. The lowest BCUT2D eigenvalue weighted by Crippen LogP contribution is -2.52. The van der Waals surface area contributed by atoms with Gasteiger partial charge in [0, 0.05) is 39.3 Å². The highest BCUT2D eigenvalue weighted by molar-refractivity contribution is 5.85. The van der Waals surface area contributed by atoms with Gasteiger partial charge in [0.1, 0.15) is 18.5 Å². The summed E-state index contributed by atoms with van der Waals surface area (Å²) in [5.74, 6) is 1.21. The first kappa shape index (κ1) is 23.0. The largest absolute Gasteiger partial charge is 0.491 e. The zero-order chi connectivity index (χ0) is 16.8. The molecule has 148 valence electrons. The van der Waals surface area contributed by atoms with Crippen molar-refractivity contribution in [1.82, 2.24) is 15.1 Å². The maximum absolute atomic E-state index is 12.4. The highest BCUT2D eigenvalue weighted by Crippen LogP contribution is 2.14. The molecule has 3 rings (SSSR count). The van der Waals surface area contributed by atoms with Crippen molar-refractivity contribution in [2.45, 2.75) is 12.5 Å². The summed E-state index contributed by atoms with van der Waals surface area (Å²) in [6.07, 6.45) is 0.431. The highest BCUT2D eigenvalue weighted by atomic mass is 35.5. The van der Waals surface area contributed by atoms with E-state index in [2.05, 4.69) is 10.2 Å². The fraction of sp³-hybridized carbons (Fsp3) is 0.611. The number of carbonyl (C=O) groups excluding carboxylic acids is 1. The normalized spacial score (nSPS) is 21.4. The molecule has 2 saturated heterocycles. The van der Waals surface area contributed by atoms with E-state index < -0.39 is 6.10 Å². The molecule has 2 atom stereocenters. The molecule has 2 aliphatic heterocycles. The lowest BCUT2D eigenvalue weighted by molar-refractivity contribution is -0.136. The number of nitrogens with one attached hydrogen (secondary N) is 1. The van der Waals surface area contributed by atoms with Crippen molar-refractivity contribution in [3.8, 4) is 5.75 Å². The van der Waals surface area contributed by atoms with E-state index in [-0.39, 0.29) is 43.2 Å². The van der Waals surface area contributed by atoms with Crippen molar-refractivity contribution >= 4 is 30.7 Å². The molecular weight excluding hydrogens is 377 g/mol. The van der Waals surface area contributed by atoms with Gasteiger partial charge < -0.3 is 20.1 Å². The van der Waals surface area contributed by atoms with Crippen molar-refractivity contribution < 1.29 is 14.6 Å². The van der Waals surface area contributed by atoms with Crippen LogP contribution in [0, 0.1) is 5.92 Å². The number of nitrogens with zero attached hydrogens (tertiary/aromatic N) is 2. The summed E-state index contributed by atoms with van der Waals surface area (Å²) < 4.78 is 5.59. The molecule has 0 bridgehead atoms. The first-order chi connectivity index (χ1) is 11.7. The van der Waals surface area contributed by atoms with Crippen LogP contribution in [0.2, 0.25) is 0 Å². The minimum absolute atomic E-state index is 0. The molecule has 0 aliphatic carbocycles. The third-order valence-electron chi connectivity index (χ3n) is 4.75. The summed E-state index contributed by atoms with van der Waals surface area (Å²) in [5.41, 5.74) is 0. The molecule has 0 saturated carbocycles. The monoisotopic (exact) mass is 405 g/mol. The number of para-hydroxylation sites is 1. The van der Waals surface area contributed by atoms with Crippen LogP contribution in [0.1, 0.15) is 6.42 Å². The zero-order valence-corrected chi connectivity index (χ0v) is 16.5. The fourth-order valence-corrected chi connectivity index (χ4v) is 3.33. The van der Waals surface area contributed by atoms with Gasteiger partial charge in [-0.25, -0.2) is 0 Å². The SMILES string of the molecule is Cl.Cl.O=C(C1CCNC1)N1CCN(CC(O)COc2ccccc2)CC1. The van der Waals surface area contributed by atoms with Crippen LogP contribution in [-0.4, -0.2) is 79.3 Å². The summed E-state index contributed by atoms with van der Waals surface area (Å²) in [4.78, 5) is 16.6. The summed E-state index contributed by atoms with van der Waals surface area (Å²) in [7, 11) is 0. The van der Waals surface area contributed by atoms with Crippen molar-refractivity contribution in [1.29, 1.82) is 0 Å². The number of hydrogen-bond donors (Lipinski definition) is 2. The molecule has 8 heteroatoms. The van der Waals surface area contributed by atoms with Gasteiger partial charge >= 0.3 is 0 Å². The molecule has 1 amide bonds. The van der Waals surface area contributed by atoms with Gasteiger partial charge in [-0.2, -0.15) is 0 Å². The number of halogens is 2. The average molecular weight is 406 g/mol. The molecule has 2 unspecified atom stereocenters. The van der Waals surface area contributed by atoms with Crippen molar-refractivity contribution in [2.75, 3.05) is 52.4 Å². The number of β-amino-alcohol motifs (C(OH)–C–C–N with tert-alkyl or cyclic N) is 1. The molecule has 0 radical (unpaired) electrons. The predicted molar refractivity (Wildman–Crippen MR) is 106 cm³/mol. The number of hydrogen-bond acceptors (Lipinski definition) is 5. The molecule has 6 nitrogen and oxygen atoms in total. The van der Waals surface area contributed by atoms with Crippen molar-refractivity contribution in [3.63, 3.8) is 0 Å². The number of ether oxygens (including phenoxy) is 1. The van der Waals surface area contributed by atoms with Gasteiger partial charge in [0.15, 0.2) is 0 Å². The number of aliphatic hydroxyl groups is 1. The summed E-state index contributed by atoms with van der Waals surface area (Å²) in [6.45, 7) is 5.76. The quantitative estimate of drug-likeness (QED) is 0.739. The molecule has 0 aromatic heterocycles. The van der Waals surface area contributed by atoms with Gasteiger partial charge in [-0.1, -0.05) is 18.2 Å². The number of carbonyl (C=O) groups is 1. The first-order valence-electron chi connectivity index (χ1n) is 8.80. The fourth-order valence-electron chi connectivity index (χ4n) is 3.33. The summed E-state index contributed by atoms with van der Waals surface area (Å²) >= 11 is 0.